The van der Waals surface area contributed by atoms with Gasteiger partial charge in [0.15, 0.2) is 5.75 Å². The number of ether oxygens (including phenoxy) is 1. The predicted molar refractivity (Wildman–Crippen MR) is 81.4 cm³/mol. The lowest BCUT2D eigenvalue weighted by Crippen LogP contribution is -2.12. The summed E-state index contributed by atoms with van der Waals surface area (Å²) in [4.78, 5) is 0. The van der Waals surface area contributed by atoms with E-state index in [0.29, 0.717) is 5.02 Å². The second-order valence-electron chi connectivity index (χ2n) is 4.57. The molecule has 0 atom stereocenters. The normalized spacial score (nSPS) is 10.8. The van der Waals surface area contributed by atoms with Crippen LogP contribution < -0.4 is 10.1 Å². The van der Waals surface area contributed by atoms with Crippen LogP contribution in [0.25, 0.3) is 0 Å². The Hall–Kier alpha value is -1.52. The van der Waals surface area contributed by atoms with Gasteiger partial charge in [-0.3, -0.25) is 4.68 Å². The maximum Gasteiger partial charge on any atom is 0.165 e. The van der Waals surface area contributed by atoms with Gasteiger partial charge in [0.25, 0.3) is 0 Å². The highest BCUT2D eigenvalue weighted by atomic mass is 35.5. The lowest BCUT2D eigenvalue weighted by Gasteiger charge is -2.10. The Kier molecular flexibility index (Phi) is 5.44. The number of aromatic nitrogens is 2. The highest BCUT2D eigenvalue weighted by Gasteiger charge is 2.07. The molecule has 0 bridgehead atoms. The fourth-order valence-corrected chi connectivity index (χ4v) is 2.07. The zero-order valence-electron chi connectivity index (χ0n) is 11.9. The monoisotopic (exact) mass is 293 g/mol. The average Bonchev–Trinajstić information content (AvgIpc) is 2.86. The lowest BCUT2D eigenvalue weighted by molar-refractivity contribution is 0.471. The molecule has 1 heterocycles. The molecule has 0 unspecified atom stereocenters. The van der Waals surface area contributed by atoms with Crippen LogP contribution in [0.2, 0.25) is 5.02 Å². The third kappa shape index (κ3) is 3.99. The van der Waals surface area contributed by atoms with E-state index >= 15 is 0 Å². The number of benzene rings is 1. The molecule has 108 valence electrons. The SMILES string of the molecule is CCCn1cc(Oc2cc(Cl)ccc2CNCC)cn1. The van der Waals surface area contributed by atoms with Crippen LogP contribution in [0.5, 0.6) is 11.5 Å². The van der Waals surface area contributed by atoms with Crippen LogP contribution in [0.4, 0.5) is 0 Å². The van der Waals surface area contributed by atoms with Crippen LogP contribution in [-0.2, 0) is 13.1 Å². The van der Waals surface area contributed by atoms with Crippen molar-refractivity contribution in [3.05, 3.63) is 41.2 Å². The molecule has 0 fully saturated rings. The van der Waals surface area contributed by atoms with Crippen molar-refractivity contribution in [2.24, 2.45) is 0 Å². The fourth-order valence-electron chi connectivity index (χ4n) is 1.90. The van der Waals surface area contributed by atoms with Crippen LogP contribution >= 0.6 is 11.6 Å². The molecule has 1 aromatic carbocycles. The van der Waals surface area contributed by atoms with Gasteiger partial charge in [0.2, 0.25) is 0 Å². The van der Waals surface area contributed by atoms with Crippen LogP contribution in [0.1, 0.15) is 25.8 Å². The molecule has 1 aromatic heterocycles. The summed E-state index contributed by atoms with van der Waals surface area (Å²) in [5, 5.41) is 8.22. The number of halogens is 1. The molecule has 2 rings (SSSR count). The summed E-state index contributed by atoms with van der Waals surface area (Å²) >= 11 is 6.05. The second-order valence-corrected chi connectivity index (χ2v) is 5.01. The highest BCUT2D eigenvalue weighted by Crippen LogP contribution is 2.28. The van der Waals surface area contributed by atoms with Crippen LogP contribution in [0.3, 0.4) is 0 Å². The van der Waals surface area contributed by atoms with Gasteiger partial charge >= 0.3 is 0 Å². The molecular formula is C15H20ClN3O. The second kappa shape index (κ2) is 7.31. The van der Waals surface area contributed by atoms with E-state index in [-0.39, 0.29) is 0 Å². The van der Waals surface area contributed by atoms with E-state index in [4.69, 9.17) is 16.3 Å². The molecule has 0 aliphatic carbocycles. The molecule has 0 amide bonds. The van der Waals surface area contributed by atoms with E-state index in [0.717, 1.165) is 43.1 Å². The Morgan fingerprint density at radius 3 is 2.95 bits per heavy atom. The van der Waals surface area contributed by atoms with Gasteiger partial charge in [-0.1, -0.05) is 31.5 Å². The van der Waals surface area contributed by atoms with Gasteiger partial charge in [-0.2, -0.15) is 5.10 Å². The summed E-state index contributed by atoms with van der Waals surface area (Å²) in [5.74, 6) is 1.51. The Morgan fingerprint density at radius 1 is 1.35 bits per heavy atom. The first kappa shape index (κ1) is 14.9. The summed E-state index contributed by atoms with van der Waals surface area (Å²) in [6.07, 6.45) is 4.68. The number of hydrogen-bond acceptors (Lipinski definition) is 3. The number of aryl methyl sites for hydroxylation is 1. The summed E-state index contributed by atoms with van der Waals surface area (Å²) in [5.41, 5.74) is 1.08. The van der Waals surface area contributed by atoms with Crippen molar-refractivity contribution < 1.29 is 4.74 Å². The van der Waals surface area contributed by atoms with Gasteiger partial charge in [-0.25, -0.2) is 0 Å². The topological polar surface area (TPSA) is 39.1 Å². The van der Waals surface area contributed by atoms with Crippen LogP contribution in [0.15, 0.2) is 30.6 Å². The van der Waals surface area contributed by atoms with E-state index < -0.39 is 0 Å². The predicted octanol–water partition coefficient (Wildman–Crippen LogP) is 3.85. The van der Waals surface area contributed by atoms with Gasteiger partial charge in [0.05, 0.1) is 12.4 Å². The molecule has 20 heavy (non-hydrogen) atoms. The Bertz CT molecular complexity index is 554. The number of nitrogens with zero attached hydrogens (tertiary/aromatic N) is 2. The summed E-state index contributed by atoms with van der Waals surface area (Å²) in [6.45, 7) is 6.75. The van der Waals surface area contributed by atoms with Crippen molar-refractivity contribution in [2.75, 3.05) is 6.54 Å². The van der Waals surface area contributed by atoms with Gasteiger partial charge in [-0.05, 0) is 25.1 Å². The Morgan fingerprint density at radius 2 is 2.20 bits per heavy atom. The van der Waals surface area contributed by atoms with E-state index in [2.05, 4.69) is 24.3 Å². The summed E-state index contributed by atoms with van der Waals surface area (Å²) in [7, 11) is 0. The third-order valence-electron chi connectivity index (χ3n) is 2.88. The van der Waals surface area contributed by atoms with Gasteiger partial charge in [-0.15, -0.1) is 0 Å². The minimum absolute atomic E-state index is 0.668. The van der Waals surface area contributed by atoms with Gasteiger partial charge in [0, 0.05) is 23.7 Å². The number of nitrogens with one attached hydrogen (secondary N) is 1. The Balaban J connectivity index is 2.15. The first-order valence-electron chi connectivity index (χ1n) is 6.92. The molecule has 5 heteroatoms. The van der Waals surface area contributed by atoms with Crippen molar-refractivity contribution in [3.8, 4) is 11.5 Å². The van der Waals surface area contributed by atoms with Gasteiger partial charge < -0.3 is 10.1 Å². The maximum atomic E-state index is 6.05. The highest BCUT2D eigenvalue weighted by molar-refractivity contribution is 6.30. The zero-order chi connectivity index (χ0) is 14.4. The van der Waals surface area contributed by atoms with Crippen molar-refractivity contribution in [2.45, 2.75) is 33.4 Å². The van der Waals surface area contributed by atoms with E-state index in [9.17, 15) is 0 Å². The van der Waals surface area contributed by atoms with Crippen molar-refractivity contribution in [1.82, 2.24) is 15.1 Å². The van der Waals surface area contributed by atoms with Crippen LogP contribution in [0, 0.1) is 0 Å². The van der Waals surface area contributed by atoms with Crippen molar-refractivity contribution in [3.63, 3.8) is 0 Å². The quantitative estimate of drug-likeness (QED) is 0.843. The fraction of sp³-hybridized carbons (Fsp3) is 0.400. The smallest absolute Gasteiger partial charge is 0.165 e. The molecule has 0 saturated carbocycles. The molecule has 0 radical (unpaired) electrons. The number of rotatable bonds is 7. The largest absolute Gasteiger partial charge is 0.454 e. The van der Waals surface area contributed by atoms with Crippen molar-refractivity contribution >= 4 is 11.6 Å². The Labute approximate surface area is 124 Å². The lowest BCUT2D eigenvalue weighted by atomic mass is 10.2. The standard InChI is InChI=1S/C15H20ClN3O/c1-3-7-19-11-14(10-18-19)20-15-8-13(16)6-5-12(15)9-17-4-2/h5-6,8,10-11,17H,3-4,7,9H2,1-2H3. The molecule has 1 N–H and O–H groups in total. The summed E-state index contributed by atoms with van der Waals surface area (Å²) in [6, 6.07) is 5.70. The first-order chi connectivity index (χ1) is 9.72. The molecule has 0 saturated heterocycles. The van der Waals surface area contributed by atoms with Gasteiger partial charge in [0.1, 0.15) is 5.75 Å². The van der Waals surface area contributed by atoms with Crippen molar-refractivity contribution in [1.29, 1.82) is 0 Å². The molecule has 0 aliphatic rings. The van der Waals surface area contributed by atoms with Crippen LogP contribution in [-0.4, -0.2) is 16.3 Å². The molecule has 0 aliphatic heterocycles. The minimum Gasteiger partial charge on any atom is -0.454 e. The van der Waals surface area contributed by atoms with E-state index in [1.54, 1.807) is 6.20 Å². The molecule has 4 nitrogen and oxygen atoms in total. The maximum absolute atomic E-state index is 6.05. The first-order valence-corrected chi connectivity index (χ1v) is 7.30. The molecular weight excluding hydrogens is 274 g/mol. The number of hydrogen-bond donors (Lipinski definition) is 1. The molecule has 0 spiro atoms. The summed E-state index contributed by atoms with van der Waals surface area (Å²) < 4.78 is 7.79. The minimum atomic E-state index is 0.668. The molecule has 2 aromatic rings. The van der Waals surface area contributed by atoms with E-state index in [1.165, 1.54) is 0 Å². The zero-order valence-corrected chi connectivity index (χ0v) is 12.7. The third-order valence-corrected chi connectivity index (χ3v) is 3.12. The van der Waals surface area contributed by atoms with E-state index in [1.807, 2.05) is 29.1 Å². The average molecular weight is 294 g/mol.